The highest BCUT2D eigenvalue weighted by Crippen LogP contribution is 2.22. The number of Topliss-reactive ketones (excluding diaryl/α,β-unsaturated/α-hetero) is 1. The van der Waals surface area contributed by atoms with E-state index in [2.05, 4.69) is 0 Å². The first-order chi connectivity index (χ1) is 7.99. The van der Waals surface area contributed by atoms with Gasteiger partial charge in [-0.15, -0.1) is 0 Å². The van der Waals surface area contributed by atoms with Crippen molar-refractivity contribution in [3.63, 3.8) is 0 Å². The fourth-order valence-corrected chi connectivity index (χ4v) is 1.82. The summed E-state index contributed by atoms with van der Waals surface area (Å²) >= 11 is 0. The molecule has 88 valence electrons. The molecule has 5 heteroatoms. The van der Waals surface area contributed by atoms with Crippen LogP contribution in [0.4, 0.5) is 10.5 Å². The summed E-state index contributed by atoms with van der Waals surface area (Å²) in [4.78, 5) is 35.2. The van der Waals surface area contributed by atoms with Gasteiger partial charge < -0.3 is 0 Å². The molecule has 1 aliphatic heterocycles. The number of aryl methyl sites for hydroxylation is 2. The number of imide groups is 1. The largest absolute Gasteiger partial charge is 0.329 e. The van der Waals surface area contributed by atoms with Crippen LogP contribution in [-0.2, 0) is 9.59 Å². The van der Waals surface area contributed by atoms with Crippen LogP contribution >= 0.6 is 0 Å². The molecule has 0 atom stereocenters. The van der Waals surface area contributed by atoms with E-state index in [1.807, 2.05) is 31.3 Å². The summed E-state index contributed by atoms with van der Waals surface area (Å²) in [5.41, 5.74) is 2.61. The highest BCUT2D eigenvalue weighted by Gasteiger charge is 2.31. The number of nitrogens with one attached hydrogen (secondary N) is 1. The summed E-state index contributed by atoms with van der Waals surface area (Å²) in [7, 11) is 0. The predicted molar refractivity (Wildman–Crippen MR) is 61.8 cm³/mol. The van der Waals surface area contributed by atoms with Crippen molar-refractivity contribution in [1.29, 1.82) is 0 Å². The molecule has 1 N–H and O–H groups in total. The SMILES string of the molecule is Cc1ccc(N2CC(=O)C(=O)NC2=O)c(C)c1. The van der Waals surface area contributed by atoms with E-state index in [0.29, 0.717) is 5.69 Å². The van der Waals surface area contributed by atoms with Crippen molar-refractivity contribution >= 4 is 23.4 Å². The molecule has 0 aliphatic carbocycles. The molecular weight excluding hydrogens is 220 g/mol. The van der Waals surface area contributed by atoms with Gasteiger partial charge in [0.05, 0.1) is 6.54 Å². The van der Waals surface area contributed by atoms with Crippen molar-refractivity contribution in [3.05, 3.63) is 29.3 Å². The lowest BCUT2D eigenvalue weighted by Crippen LogP contribution is -2.55. The molecule has 5 nitrogen and oxygen atoms in total. The number of carbonyl (C=O) groups excluding carboxylic acids is 3. The van der Waals surface area contributed by atoms with Crippen LogP contribution in [0.25, 0.3) is 0 Å². The van der Waals surface area contributed by atoms with E-state index in [-0.39, 0.29) is 6.54 Å². The van der Waals surface area contributed by atoms with E-state index in [9.17, 15) is 14.4 Å². The number of anilines is 1. The molecule has 0 bridgehead atoms. The van der Waals surface area contributed by atoms with Gasteiger partial charge in [0.25, 0.3) is 5.91 Å². The van der Waals surface area contributed by atoms with Crippen LogP contribution in [0.2, 0.25) is 0 Å². The van der Waals surface area contributed by atoms with Gasteiger partial charge in [-0.1, -0.05) is 17.7 Å². The number of hydrogen-bond donors (Lipinski definition) is 1. The standard InChI is InChI=1S/C12H12N2O3/c1-7-3-4-9(8(2)5-7)14-6-10(15)11(16)13-12(14)17/h3-5H,6H2,1-2H3,(H,13,16,17). The lowest BCUT2D eigenvalue weighted by Gasteiger charge is -2.27. The molecule has 0 aromatic heterocycles. The van der Waals surface area contributed by atoms with Crippen molar-refractivity contribution in [2.24, 2.45) is 0 Å². The number of benzene rings is 1. The van der Waals surface area contributed by atoms with Gasteiger partial charge in [0.15, 0.2) is 0 Å². The van der Waals surface area contributed by atoms with E-state index >= 15 is 0 Å². The molecule has 17 heavy (non-hydrogen) atoms. The van der Waals surface area contributed by atoms with Gasteiger partial charge in [-0.2, -0.15) is 0 Å². The molecule has 0 saturated carbocycles. The molecule has 1 aliphatic rings. The zero-order valence-electron chi connectivity index (χ0n) is 9.61. The molecular formula is C12H12N2O3. The van der Waals surface area contributed by atoms with Gasteiger partial charge in [0, 0.05) is 5.69 Å². The first kappa shape index (κ1) is 11.3. The molecule has 1 aromatic carbocycles. The number of amides is 3. The van der Waals surface area contributed by atoms with Crippen molar-refractivity contribution in [2.75, 3.05) is 11.4 Å². The Balaban J connectivity index is 2.36. The second-order valence-corrected chi connectivity index (χ2v) is 4.06. The van der Waals surface area contributed by atoms with Gasteiger partial charge in [-0.05, 0) is 25.5 Å². The molecule has 0 spiro atoms. The van der Waals surface area contributed by atoms with Crippen LogP contribution < -0.4 is 10.2 Å². The maximum atomic E-state index is 11.6. The summed E-state index contributed by atoms with van der Waals surface area (Å²) in [6.45, 7) is 3.60. The molecule has 0 radical (unpaired) electrons. The third-order valence-electron chi connectivity index (χ3n) is 2.66. The second kappa shape index (κ2) is 4.01. The Kier molecular flexibility index (Phi) is 2.67. The summed E-state index contributed by atoms with van der Waals surface area (Å²) < 4.78 is 0. The summed E-state index contributed by atoms with van der Waals surface area (Å²) in [6, 6.07) is 4.99. The number of urea groups is 1. The van der Waals surface area contributed by atoms with Crippen LogP contribution in [-0.4, -0.2) is 24.3 Å². The Morgan fingerprint density at radius 1 is 1.18 bits per heavy atom. The van der Waals surface area contributed by atoms with Crippen LogP contribution in [0.15, 0.2) is 18.2 Å². The Morgan fingerprint density at radius 3 is 2.53 bits per heavy atom. The van der Waals surface area contributed by atoms with E-state index < -0.39 is 17.7 Å². The molecule has 0 unspecified atom stereocenters. The number of ketones is 1. The van der Waals surface area contributed by atoms with E-state index in [0.717, 1.165) is 11.1 Å². The lowest BCUT2D eigenvalue weighted by molar-refractivity contribution is -0.137. The van der Waals surface area contributed by atoms with Gasteiger partial charge in [0.1, 0.15) is 0 Å². The lowest BCUT2D eigenvalue weighted by atomic mass is 10.1. The predicted octanol–water partition coefficient (Wildman–Crippen LogP) is 0.929. The van der Waals surface area contributed by atoms with Crippen molar-refractivity contribution in [1.82, 2.24) is 5.32 Å². The van der Waals surface area contributed by atoms with Crippen LogP contribution in [0.1, 0.15) is 11.1 Å². The van der Waals surface area contributed by atoms with Crippen LogP contribution in [0, 0.1) is 13.8 Å². The highest BCUT2D eigenvalue weighted by molar-refractivity contribution is 6.43. The normalized spacial score (nSPS) is 16.1. The zero-order valence-corrected chi connectivity index (χ0v) is 9.61. The maximum absolute atomic E-state index is 11.6. The monoisotopic (exact) mass is 232 g/mol. The van der Waals surface area contributed by atoms with E-state index in [1.165, 1.54) is 4.90 Å². The number of rotatable bonds is 1. The Labute approximate surface area is 98.4 Å². The first-order valence-corrected chi connectivity index (χ1v) is 5.22. The molecule has 2 rings (SSSR count). The zero-order chi connectivity index (χ0) is 12.6. The van der Waals surface area contributed by atoms with Gasteiger partial charge in [-0.25, -0.2) is 4.79 Å². The summed E-state index contributed by atoms with van der Waals surface area (Å²) in [5, 5.41) is 2.02. The maximum Gasteiger partial charge on any atom is 0.329 e. The van der Waals surface area contributed by atoms with E-state index in [4.69, 9.17) is 0 Å². The highest BCUT2D eigenvalue weighted by atomic mass is 16.2. The number of carbonyl (C=O) groups is 3. The third-order valence-corrected chi connectivity index (χ3v) is 2.66. The van der Waals surface area contributed by atoms with Gasteiger partial charge in [0.2, 0.25) is 5.78 Å². The van der Waals surface area contributed by atoms with Crippen LogP contribution in [0.5, 0.6) is 0 Å². The van der Waals surface area contributed by atoms with Gasteiger partial charge in [-0.3, -0.25) is 19.8 Å². The minimum atomic E-state index is -0.837. The minimum absolute atomic E-state index is 0.200. The Bertz CT molecular complexity index is 522. The second-order valence-electron chi connectivity index (χ2n) is 4.06. The van der Waals surface area contributed by atoms with E-state index in [1.54, 1.807) is 6.07 Å². The Hall–Kier alpha value is -2.17. The van der Waals surface area contributed by atoms with Crippen molar-refractivity contribution in [3.8, 4) is 0 Å². The molecule has 1 heterocycles. The smallest absolute Gasteiger partial charge is 0.287 e. The summed E-state index contributed by atoms with van der Waals surface area (Å²) in [5.74, 6) is -1.44. The topological polar surface area (TPSA) is 66.5 Å². The summed E-state index contributed by atoms with van der Waals surface area (Å²) in [6.07, 6.45) is 0. The molecule has 1 aromatic rings. The molecule has 3 amide bonds. The number of hydrogen-bond acceptors (Lipinski definition) is 3. The fourth-order valence-electron chi connectivity index (χ4n) is 1.82. The fraction of sp³-hybridized carbons (Fsp3) is 0.250. The Morgan fingerprint density at radius 2 is 1.88 bits per heavy atom. The van der Waals surface area contributed by atoms with Crippen LogP contribution in [0.3, 0.4) is 0 Å². The minimum Gasteiger partial charge on any atom is -0.287 e. The average molecular weight is 232 g/mol. The number of nitrogens with zero attached hydrogens (tertiary/aromatic N) is 1. The van der Waals surface area contributed by atoms with Gasteiger partial charge >= 0.3 is 6.03 Å². The van der Waals surface area contributed by atoms with Crippen molar-refractivity contribution < 1.29 is 14.4 Å². The quantitative estimate of drug-likeness (QED) is 0.732. The first-order valence-electron chi connectivity index (χ1n) is 5.22. The molecule has 1 saturated heterocycles. The molecule has 1 fully saturated rings. The average Bonchev–Trinajstić information content (AvgIpc) is 2.24. The van der Waals surface area contributed by atoms with Crippen molar-refractivity contribution in [2.45, 2.75) is 13.8 Å². The third kappa shape index (κ3) is 2.04.